The summed E-state index contributed by atoms with van der Waals surface area (Å²) in [7, 11) is 0. The van der Waals surface area contributed by atoms with Gasteiger partial charge in [-0.05, 0) is 12.5 Å². The van der Waals surface area contributed by atoms with Crippen LogP contribution < -0.4 is 5.32 Å². The third-order valence-corrected chi connectivity index (χ3v) is 2.86. The summed E-state index contributed by atoms with van der Waals surface area (Å²) >= 11 is 0. The number of aliphatic hydroxyl groups is 1. The van der Waals surface area contributed by atoms with Gasteiger partial charge >= 0.3 is 0 Å². The number of benzene rings is 1. The minimum Gasteiger partial charge on any atom is -0.394 e. The van der Waals surface area contributed by atoms with Crippen LogP contribution in [0.3, 0.4) is 0 Å². The van der Waals surface area contributed by atoms with Crippen LogP contribution in [0.4, 0.5) is 0 Å². The molecular weight excluding hydrogens is 226 g/mol. The molecule has 4 nitrogen and oxygen atoms in total. The quantitative estimate of drug-likeness (QED) is 0.841. The van der Waals surface area contributed by atoms with Crippen molar-refractivity contribution >= 4 is 0 Å². The summed E-state index contributed by atoms with van der Waals surface area (Å²) in [4.78, 5) is 8.30. The molecule has 2 aromatic rings. The van der Waals surface area contributed by atoms with E-state index in [9.17, 15) is 5.11 Å². The second-order valence-electron chi connectivity index (χ2n) is 4.16. The molecule has 18 heavy (non-hydrogen) atoms. The molecule has 94 valence electrons. The Labute approximate surface area is 107 Å². The molecule has 2 N–H and O–H groups in total. The summed E-state index contributed by atoms with van der Waals surface area (Å²) in [6.45, 7) is 2.06. The van der Waals surface area contributed by atoms with Crippen molar-refractivity contribution in [2.24, 2.45) is 0 Å². The molecule has 0 aliphatic rings. The Morgan fingerprint density at radius 2 is 2.00 bits per heavy atom. The summed E-state index contributed by atoms with van der Waals surface area (Å²) in [5.41, 5.74) is 1.93. The summed E-state index contributed by atoms with van der Waals surface area (Å²) in [6.07, 6.45) is 5.05. The standard InChI is InChI=1S/C14H17N3O/c1-11(13-9-15-7-8-16-13)17-14(10-18)12-5-3-2-4-6-12/h2-9,11,14,17-18H,10H2,1H3. The van der Waals surface area contributed by atoms with Gasteiger partial charge in [0.25, 0.3) is 0 Å². The number of nitrogens with zero attached hydrogens (tertiary/aromatic N) is 2. The van der Waals surface area contributed by atoms with E-state index in [-0.39, 0.29) is 18.7 Å². The van der Waals surface area contributed by atoms with Crippen LogP contribution in [0.2, 0.25) is 0 Å². The summed E-state index contributed by atoms with van der Waals surface area (Å²) in [5.74, 6) is 0. The highest BCUT2D eigenvalue weighted by atomic mass is 16.3. The Hall–Kier alpha value is -1.78. The lowest BCUT2D eigenvalue weighted by molar-refractivity contribution is 0.234. The zero-order chi connectivity index (χ0) is 12.8. The minimum atomic E-state index is -0.0943. The molecule has 1 heterocycles. The lowest BCUT2D eigenvalue weighted by Crippen LogP contribution is -2.27. The van der Waals surface area contributed by atoms with Crippen LogP contribution in [-0.4, -0.2) is 21.7 Å². The Balaban J connectivity index is 2.07. The van der Waals surface area contributed by atoms with Crippen LogP contribution in [0.1, 0.15) is 30.3 Å². The Morgan fingerprint density at radius 1 is 1.22 bits per heavy atom. The van der Waals surface area contributed by atoms with Crippen molar-refractivity contribution in [1.29, 1.82) is 0 Å². The van der Waals surface area contributed by atoms with Gasteiger partial charge in [-0.15, -0.1) is 0 Å². The van der Waals surface area contributed by atoms with Gasteiger partial charge in [0.2, 0.25) is 0 Å². The lowest BCUT2D eigenvalue weighted by atomic mass is 10.1. The number of aliphatic hydroxyl groups excluding tert-OH is 1. The smallest absolute Gasteiger partial charge is 0.0753 e. The Kier molecular flexibility index (Phi) is 4.39. The van der Waals surface area contributed by atoms with Crippen LogP contribution in [0.15, 0.2) is 48.9 Å². The largest absolute Gasteiger partial charge is 0.394 e. The molecule has 1 aromatic carbocycles. The molecular formula is C14H17N3O. The molecule has 2 rings (SSSR count). The first-order valence-corrected chi connectivity index (χ1v) is 5.99. The number of hydrogen-bond donors (Lipinski definition) is 2. The third-order valence-electron chi connectivity index (χ3n) is 2.86. The second kappa shape index (κ2) is 6.23. The topological polar surface area (TPSA) is 58.0 Å². The van der Waals surface area contributed by atoms with E-state index in [0.717, 1.165) is 11.3 Å². The van der Waals surface area contributed by atoms with Gasteiger partial charge in [-0.1, -0.05) is 30.3 Å². The predicted octanol–water partition coefficient (Wildman–Crippen LogP) is 1.86. The molecule has 0 aliphatic heterocycles. The molecule has 0 radical (unpaired) electrons. The van der Waals surface area contributed by atoms with E-state index in [1.54, 1.807) is 18.6 Å². The van der Waals surface area contributed by atoms with Gasteiger partial charge in [-0.3, -0.25) is 15.3 Å². The van der Waals surface area contributed by atoms with E-state index in [1.165, 1.54) is 0 Å². The number of aromatic nitrogens is 2. The fraction of sp³-hybridized carbons (Fsp3) is 0.286. The maximum Gasteiger partial charge on any atom is 0.0753 e. The predicted molar refractivity (Wildman–Crippen MR) is 69.9 cm³/mol. The number of rotatable bonds is 5. The monoisotopic (exact) mass is 243 g/mol. The molecule has 1 aromatic heterocycles. The molecule has 4 heteroatoms. The number of nitrogens with one attached hydrogen (secondary N) is 1. The average molecular weight is 243 g/mol. The molecule has 0 spiro atoms. The summed E-state index contributed by atoms with van der Waals surface area (Å²) in [5, 5.41) is 12.8. The van der Waals surface area contributed by atoms with Gasteiger partial charge in [0.05, 0.1) is 18.3 Å². The minimum absolute atomic E-state index is 0.0380. The Morgan fingerprint density at radius 3 is 2.61 bits per heavy atom. The highest BCUT2D eigenvalue weighted by Gasteiger charge is 2.14. The molecule has 0 bridgehead atoms. The van der Waals surface area contributed by atoms with Gasteiger partial charge in [0.15, 0.2) is 0 Å². The van der Waals surface area contributed by atoms with Crippen molar-refractivity contribution in [3.63, 3.8) is 0 Å². The van der Waals surface area contributed by atoms with Crippen molar-refractivity contribution in [2.45, 2.75) is 19.0 Å². The van der Waals surface area contributed by atoms with Gasteiger partial charge < -0.3 is 5.11 Å². The Bertz CT molecular complexity index is 461. The van der Waals surface area contributed by atoms with Crippen molar-refractivity contribution in [3.8, 4) is 0 Å². The van der Waals surface area contributed by atoms with Gasteiger partial charge in [0, 0.05) is 24.6 Å². The highest BCUT2D eigenvalue weighted by Crippen LogP contribution is 2.17. The van der Waals surface area contributed by atoms with E-state index < -0.39 is 0 Å². The lowest BCUT2D eigenvalue weighted by Gasteiger charge is -2.21. The molecule has 0 saturated heterocycles. The molecule has 0 aliphatic carbocycles. The van der Waals surface area contributed by atoms with Crippen LogP contribution in [0, 0.1) is 0 Å². The first-order chi connectivity index (χ1) is 8.81. The maximum absolute atomic E-state index is 9.48. The molecule has 2 atom stereocenters. The zero-order valence-corrected chi connectivity index (χ0v) is 10.3. The van der Waals surface area contributed by atoms with Crippen LogP contribution in [0.25, 0.3) is 0 Å². The van der Waals surface area contributed by atoms with Crippen LogP contribution >= 0.6 is 0 Å². The first-order valence-electron chi connectivity index (χ1n) is 5.99. The van der Waals surface area contributed by atoms with E-state index >= 15 is 0 Å². The molecule has 0 amide bonds. The second-order valence-corrected chi connectivity index (χ2v) is 4.16. The molecule has 0 fully saturated rings. The van der Waals surface area contributed by atoms with Crippen molar-refractivity contribution in [1.82, 2.24) is 15.3 Å². The highest BCUT2D eigenvalue weighted by molar-refractivity contribution is 5.19. The maximum atomic E-state index is 9.48. The van der Waals surface area contributed by atoms with Crippen molar-refractivity contribution < 1.29 is 5.11 Å². The third kappa shape index (κ3) is 3.12. The fourth-order valence-corrected chi connectivity index (χ4v) is 1.86. The van der Waals surface area contributed by atoms with E-state index in [2.05, 4.69) is 15.3 Å². The summed E-state index contributed by atoms with van der Waals surface area (Å²) < 4.78 is 0. The van der Waals surface area contributed by atoms with E-state index in [4.69, 9.17) is 0 Å². The first kappa shape index (κ1) is 12.7. The molecule has 2 unspecified atom stereocenters. The van der Waals surface area contributed by atoms with Crippen LogP contribution in [-0.2, 0) is 0 Å². The SMILES string of the molecule is CC(NC(CO)c1ccccc1)c1cnccn1. The van der Waals surface area contributed by atoms with Crippen molar-refractivity contribution in [2.75, 3.05) is 6.61 Å². The van der Waals surface area contributed by atoms with Crippen molar-refractivity contribution in [3.05, 3.63) is 60.2 Å². The van der Waals surface area contributed by atoms with Gasteiger partial charge in [-0.25, -0.2) is 0 Å². The normalized spacial score (nSPS) is 14.1. The summed E-state index contributed by atoms with van der Waals surface area (Å²) in [6, 6.07) is 9.83. The van der Waals surface area contributed by atoms with Gasteiger partial charge in [0.1, 0.15) is 0 Å². The van der Waals surface area contributed by atoms with Gasteiger partial charge in [-0.2, -0.15) is 0 Å². The van der Waals surface area contributed by atoms with E-state index in [1.807, 2.05) is 37.3 Å². The van der Waals surface area contributed by atoms with E-state index in [0.29, 0.717) is 0 Å². The number of hydrogen-bond acceptors (Lipinski definition) is 4. The fourth-order valence-electron chi connectivity index (χ4n) is 1.86. The zero-order valence-electron chi connectivity index (χ0n) is 10.3. The average Bonchev–Trinajstić information content (AvgIpc) is 2.46. The van der Waals surface area contributed by atoms with Crippen LogP contribution in [0.5, 0.6) is 0 Å². The molecule has 0 saturated carbocycles.